The van der Waals surface area contributed by atoms with Crippen molar-refractivity contribution in [2.75, 3.05) is 26.7 Å². The van der Waals surface area contributed by atoms with Gasteiger partial charge in [-0.15, -0.1) is 0 Å². The average Bonchev–Trinajstić information content (AvgIpc) is 2.30. The van der Waals surface area contributed by atoms with Crippen molar-refractivity contribution in [1.29, 1.82) is 0 Å². The number of carbonyl (C=O) groups excluding carboxylic acids is 1. The lowest BCUT2D eigenvalue weighted by Crippen LogP contribution is -2.43. The first-order valence-corrected chi connectivity index (χ1v) is 6.70. The van der Waals surface area contributed by atoms with Gasteiger partial charge in [0, 0.05) is 12.6 Å². The number of carbonyl (C=O) groups is 1. The van der Waals surface area contributed by atoms with Gasteiger partial charge in [0.2, 0.25) is 5.91 Å². The number of hydrogen-bond donors (Lipinski definition) is 2. The summed E-state index contributed by atoms with van der Waals surface area (Å²) in [5.41, 5.74) is 0. The zero-order valence-electron chi connectivity index (χ0n) is 12.0. The second-order valence-corrected chi connectivity index (χ2v) is 4.89. The largest absolute Gasteiger partial charge is 0.355 e. The van der Waals surface area contributed by atoms with E-state index in [1.165, 1.54) is 0 Å². The van der Waals surface area contributed by atoms with Gasteiger partial charge in [0.25, 0.3) is 0 Å². The molecule has 0 radical (unpaired) electrons. The first kappa shape index (κ1) is 16.4. The highest BCUT2D eigenvalue weighted by atomic mass is 16.2. The van der Waals surface area contributed by atoms with Crippen LogP contribution in [-0.4, -0.2) is 49.6 Å². The zero-order valence-corrected chi connectivity index (χ0v) is 12.0. The van der Waals surface area contributed by atoms with Gasteiger partial charge in [-0.05, 0) is 53.8 Å². The minimum Gasteiger partial charge on any atom is -0.355 e. The Morgan fingerprint density at radius 2 is 1.88 bits per heavy atom. The summed E-state index contributed by atoms with van der Waals surface area (Å²) < 4.78 is 0. The van der Waals surface area contributed by atoms with Crippen LogP contribution in [0.3, 0.4) is 0 Å². The van der Waals surface area contributed by atoms with Crippen LogP contribution in [0.25, 0.3) is 0 Å². The number of amides is 1. The lowest BCUT2D eigenvalue weighted by Gasteiger charge is -2.21. The third-order valence-corrected chi connectivity index (χ3v) is 2.96. The summed E-state index contributed by atoms with van der Waals surface area (Å²) in [5, 5.41) is 6.14. The number of hydrogen-bond acceptors (Lipinski definition) is 3. The van der Waals surface area contributed by atoms with E-state index in [0.29, 0.717) is 6.04 Å². The van der Waals surface area contributed by atoms with E-state index in [1.54, 1.807) is 0 Å². The van der Waals surface area contributed by atoms with Gasteiger partial charge in [-0.25, -0.2) is 0 Å². The molecule has 2 N–H and O–H groups in total. The van der Waals surface area contributed by atoms with E-state index >= 15 is 0 Å². The van der Waals surface area contributed by atoms with Crippen LogP contribution in [0.15, 0.2) is 0 Å². The zero-order chi connectivity index (χ0) is 13.3. The fourth-order valence-electron chi connectivity index (χ4n) is 1.40. The van der Waals surface area contributed by atoms with E-state index < -0.39 is 0 Å². The maximum atomic E-state index is 11.6. The fourth-order valence-corrected chi connectivity index (χ4v) is 1.40. The van der Waals surface area contributed by atoms with Gasteiger partial charge in [0.1, 0.15) is 0 Å². The number of nitrogens with one attached hydrogen (secondary N) is 2. The molecule has 0 aliphatic heterocycles. The lowest BCUT2D eigenvalue weighted by atomic mass is 10.2. The van der Waals surface area contributed by atoms with Crippen LogP contribution in [0.5, 0.6) is 0 Å². The van der Waals surface area contributed by atoms with Gasteiger partial charge in [-0.1, -0.05) is 6.92 Å². The highest BCUT2D eigenvalue weighted by Gasteiger charge is 2.10. The molecule has 0 aromatic rings. The smallest absolute Gasteiger partial charge is 0.236 e. The molecule has 1 unspecified atom stereocenters. The molecular weight excluding hydrogens is 214 g/mol. The summed E-state index contributed by atoms with van der Waals surface area (Å²) in [6, 6.07) is 0.492. The summed E-state index contributed by atoms with van der Waals surface area (Å²) in [6.45, 7) is 11.1. The summed E-state index contributed by atoms with van der Waals surface area (Å²) >= 11 is 0. The van der Waals surface area contributed by atoms with Gasteiger partial charge in [0.15, 0.2) is 0 Å². The van der Waals surface area contributed by atoms with Gasteiger partial charge >= 0.3 is 0 Å². The molecule has 0 saturated heterocycles. The molecule has 1 atom stereocenters. The molecule has 0 heterocycles. The Morgan fingerprint density at radius 1 is 1.24 bits per heavy atom. The first-order chi connectivity index (χ1) is 7.99. The van der Waals surface area contributed by atoms with Crippen molar-refractivity contribution in [3.63, 3.8) is 0 Å². The molecule has 0 rings (SSSR count). The standard InChI is InChI=1S/C13H29N3O/c1-6-8-15-13(17)12(4)14-9-7-10-16(5)11(2)3/h11-12,14H,6-10H2,1-5H3,(H,15,17). The molecular formula is C13H29N3O. The fraction of sp³-hybridized carbons (Fsp3) is 0.923. The van der Waals surface area contributed by atoms with Crippen LogP contribution < -0.4 is 10.6 Å². The van der Waals surface area contributed by atoms with Gasteiger partial charge in [0.05, 0.1) is 6.04 Å². The predicted octanol–water partition coefficient (Wildman–Crippen LogP) is 1.22. The molecule has 0 aliphatic carbocycles. The van der Waals surface area contributed by atoms with Crippen LogP contribution in [0.2, 0.25) is 0 Å². The van der Waals surface area contributed by atoms with Crippen LogP contribution in [0.4, 0.5) is 0 Å². The number of rotatable bonds is 9. The van der Waals surface area contributed by atoms with E-state index in [9.17, 15) is 4.79 Å². The second kappa shape index (κ2) is 9.42. The maximum absolute atomic E-state index is 11.6. The average molecular weight is 243 g/mol. The SMILES string of the molecule is CCCNC(=O)C(C)NCCCN(C)C(C)C. The molecule has 0 bridgehead atoms. The first-order valence-electron chi connectivity index (χ1n) is 6.70. The van der Waals surface area contributed by atoms with E-state index in [2.05, 4.69) is 43.4 Å². The third-order valence-electron chi connectivity index (χ3n) is 2.96. The summed E-state index contributed by atoms with van der Waals surface area (Å²) in [4.78, 5) is 13.9. The Kier molecular flexibility index (Phi) is 9.09. The van der Waals surface area contributed by atoms with Gasteiger partial charge in [-0.3, -0.25) is 4.79 Å². The normalized spacial score (nSPS) is 13.1. The second-order valence-electron chi connectivity index (χ2n) is 4.89. The van der Waals surface area contributed by atoms with E-state index in [-0.39, 0.29) is 11.9 Å². The molecule has 17 heavy (non-hydrogen) atoms. The predicted molar refractivity (Wildman–Crippen MR) is 73.1 cm³/mol. The topological polar surface area (TPSA) is 44.4 Å². The van der Waals surface area contributed by atoms with Crippen LogP contribution in [-0.2, 0) is 4.79 Å². The van der Waals surface area contributed by atoms with Crippen molar-refractivity contribution >= 4 is 5.91 Å². The van der Waals surface area contributed by atoms with Crippen LogP contribution >= 0.6 is 0 Å². The van der Waals surface area contributed by atoms with Gasteiger partial charge < -0.3 is 15.5 Å². The van der Waals surface area contributed by atoms with Crippen molar-refractivity contribution in [3.8, 4) is 0 Å². The molecule has 0 spiro atoms. The molecule has 0 saturated carbocycles. The molecule has 1 amide bonds. The van der Waals surface area contributed by atoms with E-state index in [4.69, 9.17) is 0 Å². The Morgan fingerprint density at radius 3 is 2.41 bits per heavy atom. The Bertz CT molecular complexity index is 207. The quantitative estimate of drug-likeness (QED) is 0.599. The summed E-state index contributed by atoms with van der Waals surface area (Å²) in [5.74, 6) is 0.101. The molecule has 0 aromatic carbocycles. The monoisotopic (exact) mass is 243 g/mol. The highest BCUT2D eigenvalue weighted by molar-refractivity contribution is 5.81. The van der Waals surface area contributed by atoms with E-state index in [1.807, 2.05) is 6.92 Å². The van der Waals surface area contributed by atoms with Crippen molar-refractivity contribution in [3.05, 3.63) is 0 Å². The van der Waals surface area contributed by atoms with Crippen molar-refractivity contribution < 1.29 is 4.79 Å². The van der Waals surface area contributed by atoms with Crippen molar-refractivity contribution in [2.45, 2.75) is 52.6 Å². The molecule has 0 aromatic heterocycles. The number of nitrogens with zero attached hydrogens (tertiary/aromatic N) is 1. The Hall–Kier alpha value is -0.610. The van der Waals surface area contributed by atoms with Crippen molar-refractivity contribution in [2.24, 2.45) is 0 Å². The van der Waals surface area contributed by atoms with E-state index in [0.717, 1.165) is 32.5 Å². The molecule has 102 valence electrons. The Balaban J connectivity index is 3.57. The maximum Gasteiger partial charge on any atom is 0.236 e. The summed E-state index contributed by atoms with van der Waals surface area (Å²) in [7, 11) is 2.13. The van der Waals surface area contributed by atoms with Crippen LogP contribution in [0, 0.1) is 0 Å². The van der Waals surface area contributed by atoms with Gasteiger partial charge in [-0.2, -0.15) is 0 Å². The lowest BCUT2D eigenvalue weighted by molar-refractivity contribution is -0.122. The molecule has 4 heteroatoms. The molecule has 0 aliphatic rings. The minimum atomic E-state index is -0.0918. The molecule has 0 fully saturated rings. The van der Waals surface area contributed by atoms with Crippen molar-refractivity contribution in [1.82, 2.24) is 15.5 Å². The third kappa shape index (κ3) is 8.16. The molecule has 4 nitrogen and oxygen atoms in total. The Labute approximate surface area is 106 Å². The highest BCUT2D eigenvalue weighted by Crippen LogP contribution is 1.94. The van der Waals surface area contributed by atoms with Crippen LogP contribution in [0.1, 0.15) is 40.5 Å². The summed E-state index contributed by atoms with van der Waals surface area (Å²) in [6.07, 6.45) is 2.05. The minimum absolute atomic E-state index is 0.0918.